The van der Waals surface area contributed by atoms with Crippen molar-refractivity contribution in [3.8, 4) is 0 Å². The van der Waals surface area contributed by atoms with Gasteiger partial charge in [-0.3, -0.25) is 4.68 Å². The summed E-state index contributed by atoms with van der Waals surface area (Å²) in [6.45, 7) is 2.78. The van der Waals surface area contributed by atoms with E-state index in [0.717, 1.165) is 22.3 Å². The van der Waals surface area contributed by atoms with Gasteiger partial charge in [-0.1, -0.05) is 28.1 Å². The first kappa shape index (κ1) is 14.6. The molecule has 0 saturated carbocycles. The van der Waals surface area contributed by atoms with E-state index in [0.29, 0.717) is 0 Å². The number of benzene rings is 1. The number of hydrogen-bond donors (Lipinski definition) is 1. The molecule has 0 amide bonds. The minimum atomic E-state index is -0.563. The van der Waals surface area contributed by atoms with Crippen LogP contribution in [0.15, 0.2) is 41.1 Å². The smallest absolute Gasteiger partial charge is 0.332 e. The number of nitrogens with zero attached hydrogens (tertiary/aromatic N) is 2. The molecule has 0 aliphatic heterocycles. The maximum atomic E-state index is 12.0. The van der Waals surface area contributed by atoms with Crippen LogP contribution in [0, 0.1) is 0 Å². The number of methoxy groups -OCH3 is 1. The Morgan fingerprint density at radius 3 is 2.95 bits per heavy atom. The lowest BCUT2D eigenvalue weighted by Gasteiger charge is -2.17. The number of aromatic nitrogens is 2. The predicted molar refractivity (Wildman–Crippen MR) is 80.4 cm³/mol. The van der Waals surface area contributed by atoms with Gasteiger partial charge < -0.3 is 10.1 Å². The summed E-state index contributed by atoms with van der Waals surface area (Å²) in [6.07, 6.45) is 3.55. The normalized spacial score (nSPS) is 11.9. The van der Waals surface area contributed by atoms with Crippen molar-refractivity contribution in [1.82, 2.24) is 9.78 Å². The molecule has 5 nitrogen and oxygen atoms in total. The van der Waals surface area contributed by atoms with Crippen LogP contribution >= 0.6 is 15.9 Å². The molecule has 2 rings (SSSR count). The number of hydrogen-bond acceptors (Lipinski definition) is 4. The number of carbonyl (C=O) groups is 1. The number of anilines is 1. The fourth-order valence-corrected chi connectivity index (χ4v) is 2.28. The summed E-state index contributed by atoms with van der Waals surface area (Å²) in [5, 5.41) is 7.33. The van der Waals surface area contributed by atoms with Crippen molar-refractivity contribution < 1.29 is 9.53 Å². The molecule has 20 heavy (non-hydrogen) atoms. The lowest BCUT2D eigenvalue weighted by atomic mass is 10.1. The summed E-state index contributed by atoms with van der Waals surface area (Å²) in [5.74, 6) is -0.340. The van der Waals surface area contributed by atoms with E-state index in [1.165, 1.54) is 7.11 Å². The fourth-order valence-electron chi connectivity index (χ4n) is 1.86. The molecule has 106 valence electrons. The third-order valence-corrected chi connectivity index (χ3v) is 3.38. The summed E-state index contributed by atoms with van der Waals surface area (Å²) in [6, 6.07) is 6.99. The van der Waals surface area contributed by atoms with E-state index in [4.69, 9.17) is 4.74 Å². The SMILES string of the molecule is CCn1cc(NC(C(=O)OC)c2cccc(Br)c2)cn1. The summed E-state index contributed by atoms with van der Waals surface area (Å²) in [4.78, 5) is 12.0. The van der Waals surface area contributed by atoms with Crippen LogP contribution in [0.25, 0.3) is 0 Å². The van der Waals surface area contributed by atoms with Crippen LogP contribution in [0.3, 0.4) is 0 Å². The molecule has 1 N–H and O–H groups in total. The van der Waals surface area contributed by atoms with E-state index in [2.05, 4.69) is 26.3 Å². The molecular formula is C14H16BrN3O2. The van der Waals surface area contributed by atoms with Crippen molar-refractivity contribution in [2.75, 3.05) is 12.4 Å². The summed E-state index contributed by atoms with van der Waals surface area (Å²) < 4.78 is 7.57. The molecule has 0 spiro atoms. The molecule has 6 heteroatoms. The van der Waals surface area contributed by atoms with Crippen molar-refractivity contribution in [1.29, 1.82) is 0 Å². The van der Waals surface area contributed by atoms with Gasteiger partial charge in [-0.15, -0.1) is 0 Å². The van der Waals surface area contributed by atoms with E-state index in [9.17, 15) is 4.79 Å². The number of halogens is 1. The monoisotopic (exact) mass is 337 g/mol. The Hall–Kier alpha value is -1.82. The highest BCUT2D eigenvalue weighted by molar-refractivity contribution is 9.10. The van der Waals surface area contributed by atoms with Crippen LogP contribution in [-0.2, 0) is 16.1 Å². The fraction of sp³-hybridized carbons (Fsp3) is 0.286. The topological polar surface area (TPSA) is 56.2 Å². The second-order valence-electron chi connectivity index (χ2n) is 4.24. The first-order chi connectivity index (χ1) is 9.63. The molecule has 1 aromatic carbocycles. The van der Waals surface area contributed by atoms with Gasteiger partial charge in [0.2, 0.25) is 0 Å². The highest BCUT2D eigenvalue weighted by atomic mass is 79.9. The second-order valence-corrected chi connectivity index (χ2v) is 5.16. The van der Waals surface area contributed by atoms with Crippen LogP contribution in [-0.4, -0.2) is 22.9 Å². The number of aryl methyl sites for hydroxylation is 1. The number of ether oxygens (including phenoxy) is 1. The molecule has 0 bridgehead atoms. The van der Waals surface area contributed by atoms with Crippen LogP contribution in [0.1, 0.15) is 18.5 Å². The molecule has 0 aliphatic rings. The van der Waals surface area contributed by atoms with Gasteiger partial charge in [0.15, 0.2) is 6.04 Å². The minimum absolute atomic E-state index is 0.340. The van der Waals surface area contributed by atoms with E-state index in [1.807, 2.05) is 37.4 Å². The molecule has 0 fully saturated rings. The van der Waals surface area contributed by atoms with Crippen LogP contribution in [0.5, 0.6) is 0 Å². The van der Waals surface area contributed by atoms with Gasteiger partial charge in [-0.2, -0.15) is 5.10 Å². The van der Waals surface area contributed by atoms with Crippen molar-refractivity contribution in [3.63, 3.8) is 0 Å². The van der Waals surface area contributed by atoms with Crippen molar-refractivity contribution in [2.24, 2.45) is 0 Å². The summed E-state index contributed by atoms with van der Waals surface area (Å²) in [5.41, 5.74) is 1.61. The van der Waals surface area contributed by atoms with Crippen LogP contribution in [0.2, 0.25) is 0 Å². The predicted octanol–water partition coefficient (Wildman–Crippen LogP) is 2.99. The standard InChI is InChI=1S/C14H16BrN3O2/c1-3-18-9-12(8-16-18)17-13(14(19)20-2)10-5-4-6-11(15)7-10/h4-9,13,17H,3H2,1-2H3. The van der Waals surface area contributed by atoms with Gasteiger partial charge in [-0.05, 0) is 24.6 Å². The molecule has 0 saturated heterocycles. The van der Waals surface area contributed by atoms with Crippen LogP contribution in [0.4, 0.5) is 5.69 Å². The van der Waals surface area contributed by atoms with Crippen molar-refractivity contribution >= 4 is 27.6 Å². The summed E-state index contributed by atoms with van der Waals surface area (Å²) >= 11 is 3.41. The Balaban J connectivity index is 2.26. The molecule has 1 aromatic heterocycles. The van der Waals surface area contributed by atoms with Gasteiger partial charge in [0.25, 0.3) is 0 Å². The lowest BCUT2D eigenvalue weighted by molar-refractivity contribution is -0.141. The first-order valence-corrected chi connectivity index (χ1v) is 7.05. The second kappa shape index (κ2) is 6.56. The number of esters is 1. The lowest BCUT2D eigenvalue weighted by Crippen LogP contribution is -2.22. The van der Waals surface area contributed by atoms with Gasteiger partial charge in [-0.25, -0.2) is 4.79 Å². The molecule has 2 aromatic rings. The molecular weight excluding hydrogens is 322 g/mol. The Labute approximate surface area is 126 Å². The zero-order valence-electron chi connectivity index (χ0n) is 11.3. The van der Waals surface area contributed by atoms with Gasteiger partial charge in [0.05, 0.1) is 19.0 Å². The van der Waals surface area contributed by atoms with E-state index in [1.54, 1.807) is 10.9 Å². The quantitative estimate of drug-likeness (QED) is 0.852. The molecule has 1 heterocycles. The van der Waals surface area contributed by atoms with Crippen molar-refractivity contribution in [2.45, 2.75) is 19.5 Å². The third kappa shape index (κ3) is 3.39. The van der Waals surface area contributed by atoms with Gasteiger partial charge in [0, 0.05) is 17.2 Å². The zero-order valence-corrected chi connectivity index (χ0v) is 12.9. The average molecular weight is 338 g/mol. The molecule has 0 aliphatic carbocycles. The molecule has 1 atom stereocenters. The maximum Gasteiger partial charge on any atom is 0.332 e. The van der Waals surface area contributed by atoms with E-state index < -0.39 is 6.04 Å². The average Bonchev–Trinajstić information content (AvgIpc) is 2.91. The maximum absolute atomic E-state index is 12.0. The molecule has 0 radical (unpaired) electrons. The summed E-state index contributed by atoms with van der Waals surface area (Å²) in [7, 11) is 1.38. The first-order valence-electron chi connectivity index (χ1n) is 6.26. The Bertz CT molecular complexity index is 598. The highest BCUT2D eigenvalue weighted by Crippen LogP contribution is 2.23. The third-order valence-electron chi connectivity index (χ3n) is 2.89. The van der Waals surface area contributed by atoms with E-state index >= 15 is 0 Å². The Morgan fingerprint density at radius 1 is 1.55 bits per heavy atom. The molecule has 1 unspecified atom stereocenters. The van der Waals surface area contributed by atoms with E-state index in [-0.39, 0.29) is 5.97 Å². The number of nitrogens with one attached hydrogen (secondary N) is 1. The van der Waals surface area contributed by atoms with Gasteiger partial charge in [0.1, 0.15) is 0 Å². The minimum Gasteiger partial charge on any atom is -0.467 e. The Morgan fingerprint density at radius 2 is 2.35 bits per heavy atom. The highest BCUT2D eigenvalue weighted by Gasteiger charge is 2.22. The zero-order chi connectivity index (χ0) is 14.5. The number of carbonyl (C=O) groups excluding carboxylic acids is 1. The number of rotatable bonds is 5. The van der Waals surface area contributed by atoms with Gasteiger partial charge >= 0.3 is 5.97 Å². The Kier molecular flexibility index (Phi) is 4.79. The van der Waals surface area contributed by atoms with Crippen molar-refractivity contribution in [3.05, 3.63) is 46.7 Å². The van der Waals surface area contributed by atoms with Crippen LogP contribution < -0.4 is 5.32 Å². The largest absolute Gasteiger partial charge is 0.467 e.